The topological polar surface area (TPSA) is 61.8 Å². The molecule has 1 atom stereocenters. The molecule has 0 radical (unpaired) electrons. The maximum Gasteiger partial charge on any atom is 0.306 e. The van der Waals surface area contributed by atoms with Gasteiger partial charge in [0, 0.05) is 19.4 Å². The molecule has 0 amide bonds. The second-order valence-electron chi connectivity index (χ2n) is 15.9. The molecule has 0 fully saturated rings. The summed E-state index contributed by atoms with van der Waals surface area (Å²) >= 11 is 0. The van der Waals surface area contributed by atoms with Gasteiger partial charge >= 0.3 is 11.9 Å². The van der Waals surface area contributed by atoms with Crippen molar-refractivity contribution in [1.29, 1.82) is 0 Å². The summed E-state index contributed by atoms with van der Waals surface area (Å²) in [7, 11) is 0. The molecular weight excluding hydrogens is 765 g/mol. The van der Waals surface area contributed by atoms with Crippen LogP contribution in [0.15, 0.2) is 122 Å². The number of unbranched alkanes of at least 4 members (excludes halogenated alkanes) is 13. The van der Waals surface area contributed by atoms with E-state index in [1.165, 1.54) is 38.5 Å². The van der Waals surface area contributed by atoms with Gasteiger partial charge in [0.1, 0.15) is 6.61 Å². The molecule has 5 heteroatoms. The fourth-order valence-corrected chi connectivity index (χ4v) is 6.29. The van der Waals surface area contributed by atoms with E-state index >= 15 is 0 Å². The van der Waals surface area contributed by atoms with Gasteiger partial charge in [-0.3, -0.25) is 9.59 Å². The van der Waals surface area contributed by atoms with E-state index in [4.69, 9.17) is 14.2 Å². The van der Waals surface area contributed by atoms with Crippen molar-refractivity contribution in [2.75, 3.05) is 19.8 Å². The minimum absolute atomic E-state index is 0.0439. The predicted octanol–water partition coefficient (Wildman–Crippen LogP) is 17.0. The predicted molar refractivity (Wildman–Crippen MR) is 269 cm³/mol. The largest absolute Gasteiger partial charge is 0.462 e. The second-order valence-corrected chi connectivity index (χ2v) is 15.9. The van der Waals surface area contributed by atoms with E-state index in [9.17, 15) is 9.59 Å². The molecule has 0 spiro atoms. The maximum atomic E-state index is 12.8. The Labute approximate surface area is 382 Å². The van der Waals surface area contributed by atoms with E-state index < -0.39 is 6.10 Å². The summed E-state index contributed by atoms with van der Waals surface area (Å²) in [6, 6.07) is 0. The molecule has 0 bridgehead atoms. The molecule has 0 aliphatic carbocycles. The van der Waals surface area contributed by atoms with Crippen LogP contribution in [0, 0.1) is 0 Å². The number of carbonyl (C=O) groups is 2. The van der Waals surface area contributed by atoms with Crippen molar-refractivity contribution < 1.29 is 23.8 Å². The Morgan fingerprint density at radius 3 is 1.16 bits per heavy atom. The minimum atomic E-state index is -0.578. The number of ether oxygens (including phenoxy) is 3. The summed E-state index contributed by atoms with van der Waals surface area (Å²) in [5.41, 5.74) is 0. The molecule has 0 aromatic rings. The van der Waals surface area contributed by atoms with E-state index in [1.807, 2.05) is 0 Å². The van der Waals surface area contributed by atoms with Gasteiger partial charge in [-0.25, -0.2) is 0 Å². The molecular formula is C57H92O5. The van der Waals surface area contributed by atoms with Gasteiger partial charge in [-0.1, -0.05) is 187 Å². The van der Waals surface area contributed by atoms with E-state index in [0.29, 0.717) is 19.4 Å². The molecule has 1 unspecified atom stereocenters. The van der Waals surface area contributed by atoms with Crippen LogP contribution in [-0.2, 0) is 23.8 Å². The highest BCUT2D eigenvalue weighted by Crippen LogP contribution is 2.11. The number of rotatable bonds is 44. The molecule has 0 saturated heterocycles. The van der Waals surface area contributed by atoms with Gasteiger partial charge in [0.15, 0.2) is 6.10 Å². The highest BCUT2D eigenvalue weighted by molar-refractivity contribution is 5.70. The van der Waals surface area contributed by atoms with Gasteiger partial charge in [-0.05, 0) is 122 Å². The number of allylic oxidation sites excluding steroid dienone is 20. The van der Waals surface area contributed by atoms with Gasteiger partial charge in [-0.15, -0.1) is 0 Å². The highest BCUT2D eigenvalue weighted by atomic mass is 16.6. The van der Waals surface area contributed by atoms with Crippen molar-refractivity contribution >= 4 is 11.9 Å². The Hall–Kier alpha value is -3.70. The monoisotopic (exact) mass is 857 g/mol. The smallest absolute Gasteiger partial charge is 0.306 e. The molecule has 0 saturated carbocycles. The van der Waals surface area contributed by atoms with Crippen LogP contribution >= 0.6 is 0 Å². The van der Waals surface area contributed by atoms with Crippen LogP contribution in [0.25, 0.3) is 0 Å². The van der Waals surface area contributed by atoms with Crippen LogP contribution in [0.2, 0.25) is 0 Å². The first kappa shape index (κ1) is 58.3. The molecule has 0 rings (SSSR count). The highest BCUT2D eigenvalue weighted by Gasteiger charge is 2.17. The van der Waals surface area contributed by atoms with Crippen LogP contribution in [0.4, 0.5) is 0 Å². The molecule has 0 N–H and O–H groups in total. The summed E-state index contributed by atoms with van der Waals surface area (Å²) < 4.78 is 17.3. The van der Waals surface area contributed by atoms with Gasteiger partial charge in [0.25, 0.3) is 0 Å². The summed E-state index contributed by atoms with van der Waals surface area (Å²) in [6.45, 7) is 7.43. The third kappa shape index (κ3) is 49.0. The van der Waals surface area contributed by atoms with Crippen LogP contribution in [-0.4, -0.2) is 37.9 Å². The van der Waals surface area contributed by atoms with Gasteiger partial charge in [0.05, 0.1) is 6.61 Å². The first-order valence-corrected chi connectivity index (χ1v) is 25.1. The Morgan fingerprint density at radius 2 is 0.726 bits per heavy atom. The fourth-order valence-electron chi connectivity index (χ4n) is 6.29. The van der Waals surface area contributed by atoms with Crippen molar-refractivity contribution in [1.82, 2.24) is 0 Å². The molecule has 0 aromatic heterocycles. The molecule has 0 aromatic carbocycles. The lowest BCUT2D eigenvalue weighted by molar-refractivity contribution is -0.163. The SMILES string of the molecule is CC/C=C\C/C=C\C/C=C\C/C=C\C/C=C\CCCCCC(=O)OCC(COCCCCCCCC/C=C\C/C=C\CCC)OC(=O)CCCCC/C=C\C/C=C\C/C=C\CC. The van der Waals surface area contributed by atoms with Crippen molar-refractivity contribution in [3.63, 3.8) is 0 Å². The lowest BCUT2D eigenvalue weighted by atomic mass is 10.1. The normalized spacial score (nSPS) is 13.3. The quantitative estimate of drug-likeness (QED) is 0.0347. The Bertz CT molecular complexity index is 1290. The number of carbonyl (C=O) groups excluding carboxylic acids is 2. The first-order valence-electron chi connectivity index (χ1n) is 25.1. The summed E-state index contributed by atoms with van der Waals surface area (Å²) in [5.74, 6) is -0.484. The number of hydrogen-bond acceptors (Lipinski definition) is 5. The average molecular weight is 857 g/mol. The third-order valence-corrected chi connectivity index (χ3v) is 9.94. The number of esters is 2. The van der Waals surface area contributed by atoms with Crippen molar-refractivity contribution in [3.8, 4) is 0 Å². The third-order valence-electron chi connectivity index (χ3n) is 9.94. The fraction of sp³-hybridized carbons (Fsp3) is 0.614. The van der Waals surface area contributed by atoms with E-state index in [2.05, 4.69) is 142 Å². The minimum Gasteiger partial charge on any atom is -0.462 e. The van der Waals surface area contributed by atoms with Crippen molar-refractivity contribution in [2.24, 2.45) is 0 Å². The van der Waals surface area contributed by atoms with Gasteiger partial charge in [0.2, 0.25) is 0 Å². The van der Waals surface area contributed by atoms with Crippen LogP contribution in [0.1, 0.15) is 201 Å². The standard InChI is InChI=1S/C57H92O5/c1-4-7-10-13-16-19-22-25-27-28-29-30-31-33-35-38-41-44-47-50-56(58)61-54-55(53-60-52-49-46-43-40-37-34-26-23-20-17-14-11-8-5-2)62-57(59)51-48-45-42-39-36-32-24-21-18-15-12-9-6-3/h7,9-12,14,16,18-21,23,25,27,29-30,32-33,35-36,55H,4-6,8,13,15,17,22,24,26,28,31,34,37-54H2,1-3H3/b10-7-,12-9-,14-11-,19-16-,21-18-,23-20-,27-25-,30-29-,35-33-,36-32-. The van der Waals surface area contributed by atoms with Gasteiger partial charge in [-0.2, -0.15) is 0 Å². The van der Waals surface area contributed by atoms with Crippen LogP contribution in [0.5, 0.6) is 0 Å². The molecule has 62 heavy (non-hydrogen) atoms. The van der Waals surface area contributed by atoms with Crippen molar-refractivity contribution in [2.45, 2.75) is 207 Å². The zero-order valence-corrected chi connectivity index (χ0v) is 40.1. The number of hydrogen-bond donors (Lipinski definition) is 0. The lowest BCUT2D eigenvalue weighted by Gasteiger charge is -2.18. The first-order chi connectivity index (χ1) is 30.6. The molecule has 5 nitrogen and oxygen atoms in total. The zero-order valence-electron chi connectivity index (χ0n) is 40.1. The molecule has 0 heterocycles. The van der Waals surface area contributed by atoms with Crippen molar-refractivity contribution in [3.05, 3.63) is 122 Å². The summed E-state index contributed by atoms with van der Waals surface area (Å²) in [4.78, 5) is 25.4. The Balaban J connectivity index is 4.40. The lowest BCUT2D eigenvalue weighted by Crippen LogP contribution is -2.30. The average Bonchev–Trinajstić information content (AvgIpc) is 3.27. The summed E-state index contributed by atoms with van der Waals surface area (Å²) in [6.07, 6.45) is 72.0. The van der Waals surface area contributed by atoms with Crippen LogP contribution < -0.4 is 0 Å². The second kappa shape index (κ2) is 51.6. The zero-order chi connectivity index (χ0) is 44.9. The molecule has 0 aliphatic heterocycles. The van der Waals surface area contributed by atoms with E-state index in [-0.39, 0.29) is 25.2 Å². The summed E-state index contributed by atoms with van der Waals surface area (Å²) in [5, 5.41) is 0. The van der Waals surface area contributed by atoms with Crippen LogP contribution in [0.3, 0.4) is 0 Å². The Morgan fingerprint density at radius 1 is 0.371 bits per heavy atom. The molecule has 0 aliphatic rings. The maximum absolute atomic E-state index is 12.8. The van der Waals surface area contributed by atoms with E-state index in [0.717, 1.165) is 128 Å². The Kier molecular flexibility index (Phi) is 48.6. The van der Waals surface area contributed by atoms with E-state index in [1.54, 1.807) is 0 Å². The molecule has 350 valence electrons. The van der Waals surface area contributed by atoms with Gasteiger partial charge < -0.3 is 14.2 Å².